The number of amides is 1. The van der Waals surface area contributed by atoms with E-state index >= 15 is 0 Å². The molecule has 4 nitrogen and oxygen atoms in total. The number of hydrogen-bond donors (Lipinski definition) is 2. The minimum Gasteiger partial charge on any atom is -0.481 e. The van der Waals surface area contributed by atoms with Crippen molar-refractivity contribution in [3.8, 4) is 0 Å². The Morgan fingerprint density at radius 1 is 1.24 bits per heavy atom. The smallest absolute Gasteiger partial charge is 0.308 e. The van der Waals surface area contributed by atoms with Crippen molar-refractivity contribution >= 4 is 23.6 Å². The second kappa shape index (κ2) is 8.08. The molecule has 5 heteroatoms. The van der Waals surface area contributed by atoms with E-state index in [0.29, 0.717) is 12.2 Å². The van der Waals surface area contributed by atoms with Crippen LogP contribution in [-0.4, -0.2) is 34.5 Å². The molecule has 0 saturated heterocycles. The average Bonchev–Trinajstić information content (AvgIpc) is 2.93. The molecule has 21 heavy (non-hydrogen) atoms. The zero-order valence-electron chi connectivity index (χ0n) is 12.0. The summed E-state index contributed by atoms with van der Waals surface area (Å²) in [5.41, 5.74) is 1.27. The molecule has 0 aromatic heterocycles. The summed E-state index contributed by atoms with van der Waals surface area (Å²) in [6.07, 6.45) is 3.27. The summed E-state index contributed by atoms with van der Waals surface area (Å²) in [5.74, 6) is 0.0316. The van der Waals surface area contributed by atoms with Crippen LogP contribution in [0.25, 0.3) is 0 Å². The van der Waals surface area contributed by atoms with Gasteiger partial charge in [-0.25, -0.2) is 0 Å². The third-order valence-electron chi connectivity index (χ3n) is 3.79. The number of thioether (sulfide) groups is 1. The molecule has 0 bridgehead atoms. The van der Waals surface area contributed by atoms with Gasteiger partial charge in [-0.2, -0.15) is 11.8 Å². The molecule has 2 unspecified atom stereocenters. The molecule has 2 N–H and O–H groups in total. The maximum atomic E-state index is 11.9. The first-order chi connectivity index (χ1) is 10.2. The van der Waals surface area contributed by atoms with Crippen molar-refractivity contribution in [3.05, 3.63) is 35.9 Å². The lowest BCUT2D eigenvalue weighted by Gasteiger charge is -2.17. The first kappa shape index (κ1) is 15.9. The molecule has 1 aliphatic rings. The molecule has 0 spiro atoms. The molecule has 1 saturated carbocycles. The van der Waals surface area contributed by atoms with E-state index < -0.39 is 11.9 Å². The van der Waals surface area contributed by atoms with Crippen molar-refractivity contribution in [1.29, 1.82) is 0 Å². The highest BCUT2D eigenvalue weighted by Gasteiger charge is 2.33. The van der Waals surface area contributed by atoms with Gasteiger partial charge in [-0.1, -0.05) is 36.8 Å². The van der Waals surface area contributed by atoms with Crippen molar-refractivity contribution in [2.24, 2.45) is 5.92 Å². The Morgan fingerprint density at radius 2 is 2.00 bits per heavy atom. The van der Waals surface area contributed by atoms with Crippen LogP contribution < -0.4 is 5.32 Å². The summed E-state index contributed by atoms with van der Waals surface area (Å²) < 4.78 is 0. The van der Waals surface area contributed by atoms with Crippen molar-refractivity contribution < 1.29 is 14.7 Å². The lowest BCUT2D eigenvalue weighted by Crippen LogP contribution is -2.41. The molecule has 0 heterocycles. The maximum absolute atomic E-state index is 11.9. The average molecular weight is 307 g/mol. The van der Waals surface area contributed by atoms with E-state index in [4.69, 9.17) is 5.11 Å². The Hall–Kier alpha value is -1.49. The number of nitrogens with one attached hydrogen (secondary N) is 1. The molecule has 1 aromatic rings. The molecule has 2 rings (SSSR count). The van der Waals surface area contributed by atoms with Crippen LogP contribution in [0.15, 0.2) is 30.3 Å². The van der Waals surface area contributed by atoms with Crippen molar-refractivity contribution in [1.82, 2.24) is 5.32 Å². The number of rotatable bonds is 7. The van der Waals surface area contributed by atoms with E-state index in [1.54, 1.807) is 11.8 Å². The first-order valence-corrected chi connectivity index (χ1v) is 8.46. The van der Waals surface area contributed by atoms with Gasteiger partial charge in [0, 0.05) is 6.04 Å². The Morgan fingerprint density at radius 3 is 2.71 bits per heavy atom. The van der Waals surface area contributed by atoms with Crippen LogP contribution in [0.2, 0.25) is 0 Å². The van der Waals surface area contributed by atoms with Gasteiger partial charge in [-0.05, 0) is 30.6 Å². The summed E-state index contributed by atoms with van der Waals surface area (Å²) in [5, 5.41) is 11.9. The highest BCUT2D eigenvalue weighted by atomic mass is 32.2. The van der Waals surface area contributed by atoms with Crippen LogP contribution in [0.5, 0.6) is 0 Å². The van der Waals surface area contributed by atoms with Gasteiger partial charge in [0.25, 0.3) is 0 Å². The fourth-order valence-corrected chi connectivity index (χ4v) is 3.47. The molecule has 1 aliphatic carbocycles. The molecule has 2 atom stereocenters. The number of aryl methyl sites for hydroxylation is 1. The molecule has 0 radical (unpaired) electrons. The third kappa shape index (κ3) is 5.08. The van der Waals surface area contributed by atoms with Crippen molar-refractivity contribution in [2.45, 2.75) is 31.7 Å². The van der Waals surface area contributed by atoms with E-state index in [1.807, 2.05) is 18.2 Å². The van der Waals surface area contributed by atoms with Crippen LogP contribution in [0.4, 0.5) is 0 Å². The quantitative estimate of drug-likeness (QED) is 0.759. The number of carboxylic acids is 1. The van der Waals surface area contributed by atoms with Crippen LogP contribution >= 0.6 is 11.8 Å². The van der Waals surface area contributed by atoms with Crippen LogP contribution in [0.3, 0.4) is 0 Å². The fourth-order valence-electron chi connectivity index (χ4n) is 2.68. The van der Waals surface area contributed by atoms with Gasteiger partial charge in [0.2, 0.25) is 5.91 Å². The first-order valence-electron chi connectivity index (χ1n) is 7.30. The summed E-state index contributed by atoms with van der Waals surface area (Å²) in [4.78, 5) is 22.9. The monoisotopic (exact) mass is 307 g/mol. The van der Waals surface area contributed by atoms with Crippen LogP contribution in [0, 0.1) is 5.92 Å². The Bertz CT molecular complexity index is 478. The van der Waals surface area contributed by atoms with E-state index in [2.05, 4.69) is 17.4 Å². The number of aliphatic carboxylic acids is 1. The van der Waals surface area contributed by atoms with Gasteiger partial charge in [0.05, 0.1) is 11.7 Å². The minimum atomic E-state index is -0.797. The standard InChI is InChI=1S/C16H21NO3S/c18-15(17-14-8-4-7-13(14)16(19)20)11-21-10-9-12-5-2-1-3-6-12/h1-3,5-6,13-14H,4,7-11H2,(H,17,18)(H,19,20). The number of carboxylic acid groups (broad SMARTS) is 1. The second-order valence-corrected chi connectivity index (χ2v) is 6.44. The number of carbonyl (C=O) groups is 2. The fraction of sp³-hybridized carbons (Fsp3) is 0.500. The predicted octanol–water partition coefficient (Wildman–Crippen LogP) is 2.33. The molecule has 1 amide bonds. The maximum Gasteiger partial charge on any atom is 0.308 e. The van der Waals surface area contributed by atoms with Gasteiger partial charge in [0.15, 0.2) is 0 Å². The third-order valence-corrected chi connectivity index (χ3v) is 4.75. The minimum absolute atomic E-state index is 0.0498. The summed E-state index contributed by atoms with van der Waals surface area (Å²) in [6, 6.07) is 9.99. The lowest BCUT2D eigenvalue weighted by molar-refractivity contribution is -0.142. The lowest BCUT2D eigenvalue weighted by atomic mass is 10.0. The molecule has 1 aromatic carbocycles. The van der Waals surface area contributed by atoms with Gasteiger partial charge in [-0.3, -0.25) is 9.59 Å². The van der Waals surface area contributed by atoms with Crippen molar-refractivity contribution in [3.63, 3.8) is 0 Å². The number of benzene rings is 1. The molecule has 114 valence electrons. The van der Waals surface area contributed by atoms with Crippen LogP contribution in [0.1, 0.15) is 24.8 Å². The topological polar surface area (TPSA) is 66.4 Å². The van der Waals surface area contributed by atoms with E-state index in [0.717, 1.165) is 25.0 Å². The second-order valence-electron chi connectivity index (χ2n) is 5.34. The number of hydrogen-bond acceptors (Lipinski definition) is 3. The highest BCUT2D eigenvalue weighted by Crippen LogP contribution is 2.25. The molecular weight excluding hydrogens is 286 g/mol. The van der Waals surface area contributed by atoms with E-state index in [-0.39, 0.29) is 11.9 Å². The van der Waals surface area contributed by atoms with Crippen LogP contribution in [-0.2, 0) is 16.0 Å². The van der Waals surface area contributed by atoms with Crippen molar-refractivity contribution in [2.75, 3.05) is 11.5 Å². The number of carbonyl (C=O) groups excluding carboxylic acids is 1. The van der Waals surface area contributed by atoms with Gasteiger partial charge in [-0.15, -0.1) is 0 Å². The largest absolute Gasteiger partial charge is 0.481 e. The zero-order chi connectivity index (χ0) is 15.1. The van der Waals surface area contributed by atoms with E-state index in [9.17, 15) is 9.59 Å². The zero-order valence-corrected chi connectivity index (χ0v) is 12.8. The SMILES string of the molecule is O=C(CSCCc1ccccc1)NC1CCCC1C(=O)O. The summed E-state index contributed by atoms with van der Waals surface area (Å²) in [6.45, 7) is 0. The van der Waals surface area contributed by atoms with Gasteiger partial charge in [0.1, 0.15) is 0 Å². The molecule has 1 fully saturated rings. The van der Waals surface area contributed by atoms with Gasteiger partial charge >= 0.3 is 5.97 Å². The summed E-state index contributed by atoms with van der Waals surface area (Å²) >= 11 is 1.59. The normalized spacial score (nSPS) is 21.1. The Kier molecular flexibility index (Phi) is 6.11. The Balaban J connectivity index is 1.65. The highest BCUT2D eigenvalue weighted by molar-refractivity contribution is 7.99. The van der Waals surface area contributed by atoms with Gasteiger partial charge < -0.3 is 10.4 Å². The van der Waals surface area contributed by atoms with E-state index in [1.165, 1.54) is 5.56 Å². The molecular formula is C16H21NO3S. The summed E-state index contributed by atoms with van der Waals surface area (Å²) in [7, 11) is 0. The Labute approximate surface area is 129 Å². The molecule has 0 aliphatic heterocycles. The predicted molar refractivity (Wildman–Crippen MR) is 84.4 cm³/mol.